The minimum absolute atomic E-state index is 0. The standard InChI is InChI=1S/C21H37N5O2.HI/c1-21(2,25(4)5)16-24-20(22-3)23-15-19(26-11-13-28-14-12-26)17-7-9-18(27-6)10-8-17;/h7-10,19H,11-16H2,1-6H3,(H2,22,23,24);1H. The molecule has 1 unspecified atom stereocenters. The Labute approximate surface area is 193 Å². The number of morpholine rings is 1. The highest BCUT2D eigenvalue weighted by atomic mass is 127. The lowest BCUT2D eigenvalue weighted by molar-refractivity contribution is 0.0170. The number of hydrogen-bond donors (Lipinski definition) is 2. The number of aliphatic imine (C=N–C) groups is 1. The summed E-state index contributed by atoms with van der Waals surface area (Å²) in [6.45, 7) is 9.41. The van der Waals surface area contributed by atoms with Gasteiger partial charge in [0.25, 0.3) is 0 Å². The van der Waals surface area contributed by atoms with Crippen molar-refractivity contribution in [2.45, 2.75) is 25.4 Å². The molecule has 7 nitrogen and oxygen atoms in total. The van der Waals surface area contributed by atoms with E-state index in [1.54, 1.807) is 7.11 Å². The molecule has 0 aliphatic carbocycles. The maximum atomic E-state index is 5.54. The summed E-state index contributed by atoms with van der Waals surface area (Å²) in [6, 6.07) is 8.58. The van der Waals surface area contributed by atoms with E-state index in [9.17, 15) is 0 Å². The van der Waals surface area contributed by atoms with Crippen LogP contribution in [0.3, 0.4) is 0 Å². The Morgan fingerprint density at radius 1 is 1.21 bits per heavy atom. The van der Waals surface area contributed by atoms with Crippen molar-refractivity contribution in [1.82, 2.24) is 20.4 Å². The van der Waals surface area contributed by atoms with E-state index in [-0.39, 0.29) is 35.6 Å². The first-order chi connectivity index (χ1) is 13.4. The maximum absolute atomic E-state index is 5.54. The van der Waals surface area contributed by atoms with Gasteiger partial charge in [-0.15, -0.1) is 24.0 Å². The normalized spacial score (nSPS) is 16.9. The first-order valence-corrected chi connectivity index (χ1v) is 9.95. The lowest BCUT2D eigenvalue weighted by Crippen LogP contribution is -2.52. The minimum atomic E-state index is 0. The second-order valence-electron chi connectivity index (χ2n) is 7.95. The van der Waals surface area contributed by atoms with Gasteiger partial charge in [-0.25, -0.2) is 0 Å². The molecule has 1 atom stereocenters. The summed E-state index contributed by atoms with van der Waals surface area (Å²) in [6.07, 6.45) is 0. The Bertz CT molecular complexity index is 616. The SMILES string of the molecule is CN=C(NCC(c1ccc(OC)cc1)N1CCOCC1)NCC(C)(C)N(C)C.I. The van der Waals surface area contributed by atoms with Crippen LogP contribution in [0.5, 0.6) is 5.75 Å². The molecule has 0 amide bonds. The van der Waals surface area contributed by atoms with Crippen LogP contribution in [0.25, 0.3) is 0 Å². The quantitative estimate of drug-likeness (QED) is 0.312. The van der Waals surface area contributed by atoms with Gasteiger partial charge >= 0.3 is 0 Å². The fourth-order valence-corrected chi connectivity index (χ4v) is 3.05. The van der Waals surface area contributed by atoms with E-state index >= 15 is 0 Å². The number of likely N-dealkylation sites (N-methyl/N-ethyl adjacent to an activating group) is 1. The zero-order chi connectivity index (χ0) is 20.6. The number of ether oxygens (including phenoxy) is 2. The topological polar surface area (TPSA) is 61.4 Å². The van der Waals surface area contributed by atoms with E-state index in [2.05, 4.69) is 65.5 Å². The Morgan fingerprint density at radius 3 is 2.34 bits per heavy atom. The summed E-state index contributed by atoms with van der Waals surface area (Å²) >= 11 is 0. The molecule has 29 heavy (non-hydrogen) atoms. The third-order valence-corrected chi connectivity index (χ3v) is 5.57. The van der Waals surface area contributed by atoms with Crippen LogP contribution < -0.4 is 15.4 Å². The summed E-state index contributed by atoms with van der Waals surface area (Å²) < 4.78 is 10.9. The third-order valence-electron chi connectivity index (χ3n) is 5.57. The first-order valence-electron chi connectivity index (χ1n) is 9.95. The molecule has 0 spiro atoms. The second-order valence-corrected chi connectivity index (χ2v) is 7.95. The van der Waals surface area contributed by atoms with Crippen LogP contribution in [0, 0.1) is 0 Å². The van der Waals surface area contributed by atoms with Gasteiger partial charge in [-0.1, -0.05) is 12.1 Å². The molecular weight excluding hydrogens is 481 g/mol. The zero-order valence-electron chi connectivity index (χ0n) is 18.7. The number of nitrogens with one attached hydrogen (secondary N) is 2. The Balaban J connectivity index is 0.00000420. The van der Waals surface area contributed by atoms with E-state index < -0.39 is 0 Å². The molecule has 166 valence electrons. The van der Waals surface area contributed by atoms with Gasteiger partial charge in [0.1, 0.15) is 5.75 Å². The highest BCUT2D eigenvalue weighted by molar-refractivity contribution is 14.0. The van der Waals surface area contributed by atoms with E-state index in [4.69, 9.17) is 9.47 Å². The summed E-state index contributed by atoms with van der Waals surface area (Å²) in [5, 5.41) is 6.97. The largest absolute Gasteiger partial charge is 0.497 e. The van der Waals surface area contributed by atoms with Crippen LogP contribution in [0.15, 0.2) is 29.3 Å². The van der Waals surface area contributed by atoms with Gasteiger partial charge < -0.3 is 25.0 Å². The van der Waals surface area contributed by atoms with Gasteiger partial charge in [-0.05, 0) is 45.6 Å². The van der Waals surface area contributed by atoms with Gasteiger partial charge in [0.2, 0.25) is 0 Å². The van der Waals surface area contributed by atoms with Crippen molar-refractivity contribution < 1.29 is 9.47 Å². The van der Waals surface area contributed by atoms with E-state index in [0.29, 0.717) is 0 Å². The van der Waals surface area contributed by atoms with Crippen LogP contribution in [0.1, 0.15) is 25.5 Å². The molecule has 1 aliphatic heterocycles. The number of benzene rings is 1. The summed E-state index contributed by atoms with van der Waals surface area (Å²) in [4.78, 5) is 9.08. The molecule has 0 saturated carbocycles. The average molecular weight is 519 g/mol. The highest BCUT2D eigenvalue weighted by Crippen LogP contribution is 2.23. The van der Waals surface area contributed by atoms with Crippen molar-refractivity contribution in [2.24, 2.45) is 4.99 Å². The fourth-order valence-electron chi connectivity index (χ4n) is 3.05. The van der Waals surface area contributed by atoms with Gasteiger partial charge in [0.05, 0.1) is 26.4 Å². The molecule has 1 heterocycles. The molecule has 8 heteroatoms. The number of nitrogens with zero attached hydrogens (tertiary/aromatic N) is 3. The smallest absolute Gasteiger partial charge is 0.191 e. The summed E-state index contributed by atoms with van der Waals surface area (Å²) in [5.74, 6) is 1.70. The predicted molar refractivity (Wildman–Crippen MR) is 131 cm³/mol. The van der Waals surface area contributed by atoms with Crippen LogP contribution >= 0.6 is 24.0 Å². The Kier molecular flexibility index (Phi) is 11.2. The molecule has 1 aromatic rings. The van der Waals surface area contributed by atoms with Crippen molar-refractivity contribution in [1.29, 1.82) is 0 Å². The fraction of sp³-hybridized carbons (Fsp3) is 0.667. The molecule has 1 aromatic carbocycles. The van der Waals surface area contributed by atoms with Gasteiger partial charge in [0.15, 0.2) is 5.96 Å². The number of halogens is 1. The zero-order valence-corrected chi connectivity index (χ0v) is 21.0. The average Bonchev–Trinajstić information content (AvgIpc) is 2.71. The molecule has 1 fully saturated rings. The molecule has 2 N–H and O–H groups in total. The van der Waals surface area contributed by atoms with Gasteiger partial charge in [-0.3, -0.25) is 9.89 Å². The van der Waals surface area contributed by atoms with Crippen LogP contribution in [-0.2, 0) is 4.74 Å². The second kappa shape index (κ2) is 12.6. The molecule has 0 aromatic heterocycles. The highest BCUT2D eigenvalue weighted by Gasteiger charge is 2.24. The van der Waals surface area contributed by atoms with E-state index in [0.717, 1.165) is 51.1 Å². The summed E-state index contributed by atoms with van der Waals surface area (Å²) in [7, 11) is 7.70. The monoisotopic (exact) mass is 519 g/mol. The minimum Gasteiger partial charge on any atom is -0.497 e. The lowest BCUT2D eigenvalue weighted by Gasteiger charge is -2.36. The molecule has 0 radical (unpaired) electrons. The lowest BCUT2D eigenvalue weighted by atomic mass is 10.0. The van der Waals surface area contributed by atoms with Crippen molar-refractivity contribution >= 4 is 29.9 Å². The molecule has 0 bridgehead atoms. The van der Waals surface area contributed by atoms with Crippen molar-refractivity contribution in [2.75, 3.05) is 67.6 Å². The molecule has 1 aliphatic rings. The number of hydrogen-bond acceptors (Lipinski definition) is 5. The van der Waals surface area contributed by atoms with Gasteiger partial charge in [-0.2, -0.15) is 0 Å². The van der Waals surface area contributed by atoms with Gasteiger partial charge in [0, 0.05) is 38.8 Å². The number of methoxy groups -OCH3 is 1. The third kappa shape index (κ3) is 7.92. The molecule has 1 saturated heterocycles. The van der Waals surface area contributed by atoms with Crippen LogP contribution in [0.4, 0.5) is 0 Å². The van der Waals surface area contributed by atoms with Crippen LogP contribution in [-0.4, -0.2) is 88.9 Å². The molecular formula is C21H38IN5O2. The van der Waals surface area contributed by atoms with Crippen molar-refractivity contribution in [3.8, 4) is 5.75 Å². The van der Waals surface area contributed by atoms with E-state index in [1.807, 2.05) is 19.2 Å². The van der Waals surface area contributed by atoms with E-state index in [1.165, 1.54) is 5.56 Å². The van der Waals surface area contributed by atoms with Crippen molar-refractivity contribution in [3.05, 3.63) is 29.8 Å². The summed E-state index contributed by atoms with van der Waals surface area (Å²) in [5.41, 5.74) is 1.30. The van der Waals surface area contributed by atoms with Crippen LogP contribution in [0.2, 0.25) is 0 Å². The number of guanidine groups is 1. The molecule has 2 rings (SSSR count). The number of rotatable bonds is 8. The first kappa shape index (κ1) is 25.9. The van der Waals surface area contributed by atoms with Crippen molar-refractivity contribution in [3.63, 3.8) is 0 Å². The Morgan fingerprint density at radius 2 is 1.83 bits per heavy atom. The Hall–Kier alpha value is -1.10. The maximum Gasteiger partial charge on any atom is 0.191 e. The predicted octanol–water partition coefficient (Wildman–Crippen LogP) is 2.19.